The van der Waals surface area contributed by atoms with Crippen LogP contribution in [0.25, 0.3) is 28.0 Å². The maximum Gasteiger partial charge on any atom is 0.266 e. The van der Waals surface area contributed by atoms with E-state index in [1.54, 1.807) is 4.57 Å². The molecule has 0 N–H and O–H groups in total. The molecule has 0 radical (unpaired) electrons. The van der Waals surface area contributed by atoms with Gasteiger partial charge in [0.1, 0.15) is 0 Å². The molecule has 0 fully saturated rings. The topological polar surface area (TPSA) is 73.8 Å². The molecule has 3 aromatic carbocycles. The maximum absolute atomic E-state index is 13.5. The van der Waals surface area contributed by atoms with Crippen LogP contribution in [0.5, 0.6) is 0 Å². The molecular weight excluding hydrogens is 420 g/mol. The lowest BCUT2D eigenvalue weighted by Gasteiger charge is -2.15. The van der Waals surface area contributed by atoms with E-state index < -0.39 is 0 Å². The van der Waals surface area contributed by atoms with E-state index in [9.17, 15) is 4.79 Å². The molecule has 0 bridgehead atoms. The third-order valence-corrected chi connectivity index (χ3v) is 6.30. The highest BCUT2D eigenvalue weighted by Gasteiger charge is 2.17. The van der Waals surface area contributed by atoms with Crippen molar-refractivity contribution in [2.75, 3.05) is 0 Å². The zero-order valence-corrected chi connectivity index (χ0v) is 18.5. The second kappa shape index (κ2) is 8.43. The second-order valence-corrected chi connectivity index (χ2v) is 8.37. The fourth-order valence-corrected chi connectivity index (χ4v) is 4.38. The molecule has 2 heterocycles. The number of aryl methyl sites for hydroxylation is 1. The van der Waals surface area contributed by atoms with Crippen LogP contribution in [0.15, 0.2) is 87.2 Å². The van der Waals surface area contributed by atoms with Crippen LogP contribution in [0.4, 0.5) is 0 Å². The summed E-state index contributed by atoms with van der Waals surface area (Å²) in [6.07, 6.45) is 0. The summed E-state index contributed by atoms with van der Waals surface area (Å²) in [5, 5.41) is 9.50. The predicted octanol–water partition coefficient (Wildman–Crippen LogP) is 5.34. The molecular formula is C25H20N4O2S. The fraction of sp³-hybridized carbons (Fsp3) is 0.120. The van der Waals surface area contributed by atoms with E-state index in [-0.39, 0.29) is 5.56 Å². The van der Waals surface area contributed by atoms with Gasteiger partial charge in [0.25, 0.3) is 5.56 Å². The monoisotopic (exact) mass is 440 g/mol. The molecule has 5 aromatic rings. The molecule has 32 heavy (non-hydrogen) atoms. The van der Waals surface area contributed by atoms with Crippen molar-refractivity contribution < 1.29 is 4.42 Å². The van der Waals surface area contributed by atoms with Crippen molar-refractivity contribution in [3.05, 3.63) is 100 Å². The number of rotatable bonds is 5. The number of nitrogens with zero attached hydrogens (tertiary/aromatic N) is 4. The summed E-state index contributed by atoms with van der Waals surface area (Å²) >= 11 is 1.40. The third-order valence-electron chi connectivity index (χ3n) is 5.37. The predicted molar refractivity (Wildman–Crippen MR) is 126 cm³/mol. The van der Waals surface area contributed by atoms with Crippen molar-refractivity contribution in [3.8, 4) is 17.1 Å². The van der Waals surface area contributed by atoms with E-state index in [4.69, 9.17) is 9.40 Å². The third kappa shape index (κ3) is 3.71. The summed E-state index contributed by atoms with van der Waals surface area (Å²) in [6.45, 7) is 4.06. The van der Waals surface area contributed by atoms with E-state index in [2.05, 4.69) is 10.2 Å². The van der Waals surface area contributed by atoms with E-state index in [0.29, 0.717) is 33.6 Å². The van der Waals surface area contributed by atoms with Crippen LogP contribution in [0.1, 0.15) is 17.0 Å². The number of thioether (sulfide) groups is 1. The standard InChI is InChI=1S/C25H20N4O2S/c1-16-9-8-14-21(17(16)2)29-24(30)19-12-6-7-13-20(19)26-25(29)32-15-22-27-28-23(31-22)18-10-4-3-5-11-18/h3-14H,15H2,1-2H3. The molecule has 0 saturated carbocycles. The Morgan fingerprint density at radius 1 is 0.906 bits per heavy atom. The molecule has 0 aliphatic heterocycles. The Bertz CT molecular complexity index is 1470. The molecule has 0 spiro atoms. The first-order chi connectivity index (χ1) is 15.6. The SMILES string of the molecule is Cc1cccc(-n2c(SCc3nnc(-c4ccccc4)o3)nc3ccccc3c2=O)c1C. The molecule has 0 aliphatic carbocycles. The molecule has 5 rings (SSSR count). The molecule has 0 atom stereocenters. The molecule has 7 heteroatoms. The number of hydrogen-bond donors (Lipinski definition) is 0. The average molecular weight is 441 g/mol. The minimum Gasteiger partial charge on any atom is -0.420 e. The number of benzene rings is 3. The van der Waals surface area contributed by atoms with Crippen LogP contribution in [-0.4, -0.2) is 19.7 Å². The largest absolute Gasteiger partial charge is 0.420 e. The lowest BCUT2D eigenvalue weighted by molar-refractivity contribution is 0.528. The Balaban J connectivity index is 1.56. The molecule has 6 nitrogen and oxygen atoms in total. The van der Waals surface area contributed by atoms with Crippen molar-refractivity contribution >= 4 is 22.7 Å². The van der Waals surface area contributed by atoms with Crippen LogP contribution in [0, 0.1) is 13.8 Å². The Kier molecular flexibility index (Phi) is 5.33. The Hall–Kier alpha value is -3.71. The van der Waals surface area contributed by atoms with Gasteiger partial charge < -0.3 is 4.42 Å². The van der Waals surface area contributed by atoms with Gasteiger partial charge in [-0.3, -0.25) is 9.36 Å². The van der Waals surface area contributed by atoms with E-state index in [0.717, 1.165) is 22.4 Å². The van der Waals surface area contributed by atoms with Gasteiger partial charge in [-0.2, -0.15) is 0 Å². The van der Waals surface area contributed by atoms with Crippen molar-refractivity contribution in [1.82, 2.24) is 19.7 Å². The molecule has 0 saturated heterocycles. The van der Waals surface area contributed by atoms with Crippen molar-refractivity contribution in [2.45, 2.75) is 24.8 Å². The lowest BCUT2D eigenvalue weighted by atomic mass is 10.1. The summed E-state index contributed by atoms with van der Waals surface area (Å²) in [5.74, 6) is 1.35. The zero-order chi connectivity index (χ0) is 22.1. The normalized spacial score (nSPS) is 11.2. The van der Waals surface area contributed by atoms with E-state index in [1.807, 2.05) is 86.6 Å². The summed E-state index contributed by atoms with van der Waals surface area (Å²) in [6, 6.07) is 23.0. The van der Waals surface area contributed by atoms with Crippen LogP contribution in [0.3, 0.4) is 0 Å². The first-order valence-corrected chi connectivity index (χ1v) is 11.2. The fourth-order valence-electron chi connectivity index (χ4n) is 3.54. The van der Waals surface area contributed by atoms with Crippen molar-refractivity contribution in [1.29, 1.82) is 0 Å². The van der Waals surface area contributed by atoms with Crippen LogP contribution in [0.2, 0.25) is 0 Å². The minimum absolute atomic E-state index is 0.0951. The quantitative estimate of drug-likeness (QED) is 0.271. The number of para-hydroxylation sites is 1. The highest BCUT2D eigenvalue weighted by molar-refractivity contribution is 7.98. The van der Waals surface area contributed by atoms with Crippen molar-refractivity contribution in [3.63, 3.8) is 0 Å². The van der Waals surface area contributed by atoms with Crippen LogP contribution >= 0.6 is 11.8 Å². The van der Waals surface area contributed by atoms with Crippen LogP contribution in [-0.2, 0) is 5.75 Å². The molecule has 2 aromatic heterocycles. The van der Waals surface area contributed by atoms with Gasteiger partial charge in [-0.25, -0.2) is 4.98 Å². The van der Waals surface area contributed by atoms with Crippen LogP contribution < -0.4 is 5.56 Å². The molecule has 0 aliphatic rings. The summed E-state index contributed by atoms with van der Waals surface area (Å²) < 4.78 is 7.52. The lowest BCUT2D eigenvalue weighted by Crippen LogP contribution is -2.22. The molecule has 0 unspecified atom stereocenters. The first kappa shape index (κ1) is 20.2. The van der Waals surface area contributed by atoms with Gasteiger partial charge in [-0.1, -0.05) is 54.2 Å². The van der Waals surface area contributed by atoms with E-state index in [1.165, 1.54) is 11.8 Å². The summed E-state index contributed by atoms with van der Waals surface area (Å²) in [7, 11) is 0. The number of hydrogen-bond acceptors (Lipinski definition) is 6. The van der Waals surface area contributed by atoms with Gasteiger partial charge in [-0.15, -0.1) is 10.2 Å². The zero-order valence-electron chi connectivity index (χ0n) is 17.6. The molecule has 0 amide bonds. The van der Waals surface area contributed by atoms with Gasteiger partial charge in [0.05, 0.1) is 22.3 Å². The Labute approximate surface area is 189 Å². The summed E-state index contributed by atoms with van der Waals surface area (Å²) in [4.78, 5) is 18.3. The Morgan fingerprint density at radius 2 is 1.69 bits per heavy atom. The average Bonchev–Trinajstić information content (AvgIpc) is 3.30. The van der Waals surface area contributed by atoms with E-state index >= 15 is 0 Å². The maximum atomic E-state index is 13.5. The minimum atomic E-state index is -0.0951. The van der Waals surface area contributed by atoms with Gasteiger partial charge in [-0.05, 0) is 55.3 Å². The van der Waals surface area contributed by atoms with Crippen molar-refractivity contribution in [2.24, 2.45) is 0 Å². The van der Waals surface area contributed by atoms with Gasteiger partial charge in [0.15, 0.2) is 5.16 Å². The summed E-state index contributed by atoms with van der Waals surface area (Å²) in [5.41, 5.74) is 4.42. The number of fused-ring (bicyclic) bond motifs is 1. The molecule has 158 valence electrons. The van der Waals surface area contributed by atoms with Gasteiger partial charge >= 0.3 is 0 Å². The van der Waals surface area contributed by atoms with Gasteiger partial charge in [0, 0.05) is 5.56 Å². The first-order valence-electron chi connectivity index (χ1n) is 10.2. The van der Waals surface area contributed by atoms with Gasteiger partial charge in [0.2, 0.25) is 11.8 Å². The second-order valence-electron chi connectivity index (χ2n) is 7.43. The smallest absolute Gasteiger partial charge is 0.266 e. The highest BCUT2D eigenvalue weighted by atomic mass is 32.2. The number of aromatic nitrogens is 4. The Morgan fingerprint density at radius 3 is 2.53 bits per heavy atom. The highest BCUT2D eigenvalue weighted by Crippen LogP contribution is 2.27.